The van der Waals surface area contributed by atoms with E-state index < -0.39 is 12.1 Å². The van der Waals surface area contributed by atoms with E-state index in [9.17, 15) is 4.79 Å². The van der Waals surface area contributed by atoms with Gasteiger partial charge in [-0.3, -0.25) is 9.78 Å². The summed E-state index contributed by atoms with van der Waals surface area (Å²) in [6.45, 7) is 1.90. The van der Waals surface area contributed by atoms with Crippen LogP contribution < -0.4 is 11.1 Å². The Morgan fingerprint density at radius 3 is 2.76 bits per heavy atom. The number of aryl methyl sites for hydroxylation is 1. The molecule has 2 atom stereocenters. The molecule has 2 unspecified atom stereocenters. The van der Waals surface area contributed by atoms with Gasteiger partial charge in [0, 0.05) is 31.4 Å². The van der Waals surface area contributed by atoms with Crippen molar-refractivity contribution in [3.8, 4) is 0 Å². The van der Waals surface area contributed by atoms with Gasteiger partial charge in [0.1, 0.15) is 0 Å². The lowest BCUT2D eigenvalue weighted by molar-refractivity contribution is -0.121. The van der Waals surface area contributed by atoms with E-state index in [1.54, 1.807) is 19.3 Å². The summed E-state index contributed by atoms with van der Waals surface area (Å²) < 4.78 is 0. The maximum absolute atomic E-state index is 11.5. The number of carbonyl (C=O) groups excluding carboxylic acids is 1. The summed E-state index contributed by atoms with van der Waals surface area (Å²) in [5.74, 6) is -0.0575. The monoisotopic (exact) mass is 237 g/mol. The van der Waals surface area contributed by atoms with Gasteiger partial charge in [0.15, 0.2) is 0 Å². The van der Waals surface area contributed by atoms with Crippen molar-refractivity contribution < 1.29 is 9.90 Å². The summed E-state index contributed by atoms with van der Waals surface area (Å²) in [6, 6.07) is 3.35. The lowest BCUT2D eigenvalue weighted by Gasteiger charge is -2.15. The number of amides is 1. The van der Waals surface area contributed by atoms with E-state index >= 15 is 0 Å². The normalized spacial score (nSPS) is 14.1. The van der Waals surface area contributed by atoms with Crippen molar-refractivity contribution >= 4 is 5.91 Å². The van der Waals surface area contributed by atoms with Crippen LogP contribution in [-0.2, 0) is 11.2 Å². The Kier molecular flexibility index (Phi) is 5.59. The molecule has 5 heteroatoms. The predicted octanol–water partition coefficient (Wildman–Crippen LogP) is -0.161. The first-order chi connectivity index (χ1) is 8.09. The standard InChI is InChI=1S/C12H19N3O2/c1-9(16)11(13)8-15-12(17)3-2-10-4-6-14-7-5-10/h4-7,9,11,16H,2-3,8,13H2,1H3,(H,15,17). The summed E-state index contributed by atoms with van der Waals surface area (Å²) in [6.07, 6.45) is 3.89. The number of rotatable bonds is 6. The van der Waals surface area contributed by atoms with Gasteiger partial charge in [-0.15, -0.1) is 0 Å². The van der Waals surface area contributed by atoms with Crippen molar-refractivity contribution in [2.24, 2.45) is 5.73 Å². The maximum Gasteiger partial charge on any atom is 0.220 e. The minimum atomic E-state index is -0.615. The number of aliphatic hydroxyl groups excluding tert-OH is 1. The summed E-state index contributed by atoms with van der Waals surface area (Å²) >= 11 is 0. The third-order valence-corrected chi connectivity index (χ3v) is 2.54. The highest BCUT2D eigenvalue weighted by molar-refractivity contribution is 5.76. The lowest BCUT2D eigenvalue weighted by Crippen LogP contribution is -2.43. The van der Waals surface area contributed by atoms with Crippen LogP contribution in [0.4, 0.5) is 0 Å². The molecule has 1 aromatic rings. The van der Waals surface area contributed by atoms with Crippen molar-refractivity contribution in [1.82, 2.24) is 10.3 Å². The number of pyridine rings is 1. The molecule has 94 valence electrons. The van der Waals surface area contributed by atoms with E-state index in [2.05, 4.69) is 10.3 Å². The van der Waals surface area contributed by atoms with Gasteiger partial charge in [-0.2, -0.15) is 0 Å². The van der Waals surface area contributed by atoms with Crippen LogP contribution in [0.25, 0.3) is 0 Å². The SMILES string of the molecule is CC(O)C(N)CNC(=O)CCc1ccncc1. The number of aromatic nitrogens is 1. The molecule has 5 nitrogen and oxygen atoms in total. The number of carbonyl (C=O) groups is 1. The Labute approximate surface area is 101 Å². The third-order valence-electron chi connectivity index (χ3n) is 2.54. The summed E-state index contributed by atoms with van der Waals surface area (Å²) in [5.41, 5.74) is 6.68. The van der Waals surface area contributed by atoms with E-state index in [-0.39, 0.29) is 5.91 Å². The average Bonchev–Trinajstić information content (AvgIpc) is 2.34. The van der Waals surface area contributed by atoms with Gasteiger partial charge < -0.3 is 16.2 Å². The van der Waals surface area contributed by atoms with Crippen LogP contribution >= 0.6 is 0 Å². The highest BCUT2D eigenvalue weighted by Gasteiger charge is 2.10. The third kappa shape index (κ3) is 5.42. The quantitative estimate of drug-likeness (QED) is 0.641. The Balaban J connectivity index is 2.22. The van der Waals surface area contributed by atoms with Crippen LogP contribution in [-0.4, -0.2) is 34.7 Å². The Morgan fingerprint density at radius 2 is 2.18 bits per heavy atom. The molecule has 0 saturated carbocycles. The van der Waals surface area contributed by atoms with Gasteiger partial charge in [-0.25, -0.2) is 0 Å². The predicted molar refractivity (Wildman–Crippen MR) is 65.2 cm³/mol. The topological polar surface area (TPSA) is 88.2 Å². The van der Waals surface area contributed by atoms with E-state index in [0.717, 1.165) is 5.56 Å². The molecule has 0 radical (unpaired) electrons. The van der Waals surface area contributed by atoms with Crippen molar-refractivity contribution in [3.05, 3.63) is 30.1 Å². The molecule has 1 amide bonds. The van der Waals surface area contributed by atoms with Gasteiger partial charge >= 0.3 is 0 Å². The van der Waals surface area contributed by atoms with Crippen molar-refractivity contribution in [2.75, 3.05) is 6.54 Å². The number of nitrogens with two attached hydrogens (primary N) is 1. The highest BCUT2D eigenvalue weighted by atomic mass is 16.3. The fourth-order valence-corrected chi connectivity index (χ4v) is 1.30. The first-order valence-electron chi connectivity index (χ1n) is 5.69. The van der Waals surface area contributed by atoms with E-state index in [1.807, 2.05) is 12.1 Å². The molecule has 0 aliphatic rings. The molecule has 1 rings (SSSR count). The smallest absolute Gasteiger partial charge is 0.220 e. The van der Waals surface area contributed by atoms with Gasteiger partial charge in [-0.05, 0) is 31.0 Å². The number of hydrogen-bond acceptors (Lipinski definition) is 4. The minimum Gasteiger partial charge on any atom is -0.392 e. The Hall–Kier alpha value is -1.46. The molecule has 0 bridgehead atoms. The zero-order chi connectivity index (χ0) is 12.7. The molecular formula is C12H19N3O2. The second-order valence-corrected chi connectivity index (χ2v) is 4.06. The van der Waals surface area contributed by atoms with E-state index in [0.29, 0.717) is 19.4 Å². The molecule has 4 N–H and O–H groups in total. The number of nitrogens with zero attached hydrogens (tertiary/aromatic N) is 1. The Morgan fingerprint density at radius 1 is 1.53 bits per heavy atom. The molecule has 17 heavy (non-hydrogen) atoms. The average molecular weight is 237 g/mol. The lowest BCUT2D eigenvalue weighted by atomic mass is 10.1. The van der Waals surface area contributed by atoms with Crippen molar-refractivity contribution in [1.29, 1.82) is 0 Å². The first-order valence-corrected chi connectivity index (χ1v) is 5.69. The molecule has 0 spiro atoms. The largest absolute Gasteiger partial charge is 0.392 e. The van der Waals surface area contributed by atoms with Gasteiger partial charge in [0.25, 0.3) is 0 Å². The van der Waals surface area contributed by atoms with Gasteiger partial charge in [-0.1, -0.05) is 0 Å². The summed E-state index contributed by atoms with van der Waals surface area (Å²) in [5, 5.41) is 11.9. The molecule has 0 aromatic carbocycles. The number of nitrogens with one attached hydrogen (secondary N) is 1. The Bertz CT molecular complexity index is 341. The zero-order valence-electron chi connectivity index (χ0n) is 9.97. The van der Waals surface area contributed by atoms with Crippen molar-refractivity contribution in [2.45, 2.75) is 31.9 Å². The van der Waals surface area contributed by atoms with E-state index in [1.165, 1.54) is 0 Å². The molecule has 1 heterocycles. The molecular weight excluding hydrogens is 218 g/mol. The van der Waals surface area contributed by atoms with Gasteiger partial charge in [0.05, 0.1) is 6.10 Å². The van der Waals surface area contributed by atoms with E-state index in [4.69, 9.17) is 10.8 Å². The first kappa shape index (κ1) is 13.6. The fraction of sp³-hybridized carbons (Fsp3) is 0.500. The molecule has 0 aliphatic heterocycles. The van der Waals surface area contributed by atoms with Crippen LogP contribution in [0.3, 0.4) is 0 Å². The van der Waals surface area contributed by atoms with Crippen LogP contribution in [0.1, 0.15) is 18.9 Å². The molecule has 0 fully saturated rings. The molecule has 1 aromatic heterocycles. The van der Waals surface area contributed by atoms with Crippen LogP contribution in [0.2, 0.25) is 0 Å². The minimum absolute atomic E-state index is 0.0575. The second-order valence-electron chi connectivity index (χ2n) is 4.06. The number of hydrogen-bond donors (Lipinski definition) is 3. The van der Waals surface area contributed by atoms with Crippen molar-refractivity contribution in [3.63, 3.8) is 0 Å². The maximum atomic E-state index is 11.5. The summed E-state index contributed by atoms with van der Waals surface area (Å²) in [7, 11) is 0. The van der Waals surface area contributed by atoms with Gasteiger partial charge in [0.2, 0.25) is 5.91 Å². The fourth-order valence-electron chi connectivity index (χ4n) is 1.30. The van der Waals surface area contributed by atoms with Crippen LogP contribution in [0, 0.1) is 0 Å². The summed E-state index contributed by atoms with van der Waals surface area (Å²) in [4.78, 5) is 15.4. The van der Waals surface area contributed by atoms with Crippen LogP contribution in [0.15, 0.2) is 24.5 Å². The molecule has 0 aliphatic carbocycles. The second kappa shape index (κ2) is 6.98. The highest BCUT2D eigenvalue weighted by Crippen LogP contribution is 2.00. The van der Waals surface area contributed by atoms with Crippen LogP contribution in [0.5, 0.6) is 0 Å². The zero-order valence-corrected chi connectivity index (χ0v) is 9.97. The number of aliphatic hydroxyl groups is 1. The molecule has 0 saturated heterocycles.